The first-order chi connectivity index (χ1) is 17.5. The first-order valence-electron chi connectivity index (χ1n) is 11.7. The van der Waals surface area contributed by atoms with Gasteiger partial charge in [-0.2, -0.15) is 13.2 Å². The van der Waals surface area contributed by atoms with Crippen LogP contribution >= 0.6 is 0 Å². The lowest BCUT2D eigenvalue weighted by Crippen LogP contribution is -2.24. The van der Waals surface area contributed by atoms with Crippen LogP contribution in [0.15, 0.2) is 59.6 Å². The minimum atomic E-state index is -4.58. The average Bonchev–Trinajstić information content (AvgIpc) is 3.08. The SMILES string of the molecule is Cc1cc(C)cc(N2C(=O)C(C=Nc3cccc(CCCC(=O)O)c3O)c3ccc(C(F)(F)F)cc32)c1. The van der Waals surface area contributed by atoms with Gasteiger partial charge in [-0.25, -0.2) is 0 Å². The van der Waals surface area contributed by atoms with Crippen molar-refractivity contribution in [3.8, 4) is 5.75 Å². The molecule has 4 rings (SSSR count). The van der Waals surface area contributed by atoms with E-state index in [1.54, 1.807) is 30.3 Å². The Morgan fingerprint density at radius 3 is 2.43 bits per heavy atom. The third-order valence-corrected chi connectivity index (χ3v) is 6.18. The quantitative estimate of drug-likeness (QED) is 0.351. The van der Waals surface area contributed by atoms with Crippen LogP contribution in [0.1, 0.15) is 46.6 Å². The van der Waals surface area contributed by atoms with Crippen molar-refractivity contribution in [1.82, 2.24) is 0 Å². The van der Waals surface area contributed by atoms with Crippen molar-refractivity contribution in [2.24, 2.45) is 4.99 Å². The van der Waals surface area contributed by atoms with Crippen LogP contribution in [0.25, 0.3) is 0 Å². The number of carboxylic acid groups (broad SMARTS) is 1. The molecule has 1 aliphatic rings. The highest BCUT2D eigenvalue weighted by molar-refractivity contribution is 6.18. The summed E-state index contributed by atoms with van der Waals surface area (Å²) in [4.78, 5) is 29.9. The zero-order valence-corrected chi connectivity index (χ0v) is 20.2. The Labute approximate surface area is 211 Å². The number of aliphatic imine (C=N–C) groups is 1. The van der Waals surface area contributed by atoms with Crippen molar-refractivity contribution in [1.29, 1.82) is 0 Å². The number of rotatable bonds is 7. The highest BCUT2D eigenvalue weighted by Crippen LogP contribution is 2.45. The molecule has 0 bridgehead atoms. The summed E-state index contributed by atoms with van der Waals surface area (Å²) in [6.45, 7) is 3.69. The zero-order chi connectivity index (χ0) is 26.9. The second-order valence-electron chi connectivity index (χ2n) is 9.08. The fourth-order valence-electron chi connectivity index (χ4n) is 4.53. The lowest BCUT2D eigenvalue weighted by Gasteiger charge is -2.20. The molecule has 192 valence electrons. The average molecular weight is 511 g/mol. The van der Waals surface area contributed by atoms with Gasteiger partial charge in [-0.15, -0.1) is 0 Å². The first-order valence-corrected chi connectivity index (χ1v) is 11.7. The van der Waals surface area contributed by atoms with Gasteiger partial charge in [-0.3, -0.25) is 19.5 Å². The summed E-state index contributed by atoms with van der Waals surface area (Å²) in [6, 6.07) is 13.4. The summed E-state index contributed by atoms with van der Waals surface area (Å²) in [5.41, 5.74) is 2.52. The molecule has 0 radical (unpaired) electrons. The lowest BCUT2D eigenvalue weighted by molar-refractivity contribution is -0.138. The van der Waals surface area contributed by atoms with E-state index in [1.165, 1.54) is 17.2 Å². The standard InChI is InChI=1S/C28H25F3N2O4/c1-16-11-17(2)13-20(12-16)33-24-14-19(28(29,30)31)9-10-21(24)22(27(33)37)15-32-23-7-3-5-18(26(23)36)6-4-8-25(34)35/h3,5,7,9-15,22,36H,4,6,8H2,1-2H3,(H,34,35). The molecule has 37 heavy (non-hydrogen) atoms. The minimum Gasteiger partial charge on any atom is -0.505 e. The second kappa shape index (κ2) is 10.1. The summed E-state index contributed by atoms with van der Waals surface area (Å²) in [7, 11) is 0. The number of halogens is 3. The molecule has 2 N–H and O–H groups in total. The van der Waals surface area contributed by atoms with Crippen LogP contribution in [0.4, 0.5) is 30.2 Å². The minimum absolute atomic E-state index is 0.0471. The number of anilines is 2. The number of amides is 1. The fraction of sp³-hybridized carbons (Fsp3) is 0.250. The van der Waals surface area contributed by atoms with Crippen LogP contribution in [0.5, 0.6) is 5.75 Å². The maximum absolute atomic E-state index is 13.6. The van der Waals surface area contributed by atoms with Crippen molar-refractivity contribution in [3.63, 3.8) is 0 Å². The van der Waals surface area contributed by atoms with Gasteiger partial charge in [0.2, 0.25) is 5.91 Å². The molecule has 3 aromatic carbocycles. The molecule has 0 spiro atoms. The molecule has 1 unspecified atom stereocenters. The van der Waals surface area contributed by atoms with Crippen LogP contribution in [-0.2, 0) is 22.2 Å². The number of carbonyl (C=O) groups excluding carboxylic acids is 1. The molecule has 0 fully saturated rings. The summed E-state index contributed by atoms with van der Waals surface area (Å²) in [5.74, 6) is -2.49. The van der Waals surface area contributed by atoms with Crippen LogP contribution in [-0.4, -0.2) is 28.3 Å². The van der Waals surface area contributed by atoms with Gasteiger partial charge in [0.05, 0.1) is 11.3 Å². The van der Waals surface area contributed by atoms with E-state index < -0.39 is 29.5 Å². The third kappa shape index (κ3) is 5.50. The van der Waals surface area contributed by atoms with Crippen LogP contribution in [0.2, 0.25) is 0 Å². The van der Waals surface area contributed by atoms with Gasteiger partial charge in [-0.1, -0.05) is 24.3 Å². The van der Waals surface area contributed by atoms with E-state index in [0.29, 0.717) is 29.7 Å². The van der Waals surface area contributed by atoms with Crippen molar-refractivity contribution >= 4 is 35.2 Å². The number of alkyl halides is 3. The predicted octanol–water partition coefficient (Wildman–Crippen LogP) is 6.60. The largest absolute Gasteiger partial charge is 0.505 e. The summed E-state index contributed by atoms with van der Waals surface area (Å²) in [5, 5.41) is 19.5. The number of hydrogen-bond donors (Lipinski definition) is 2. The van der Waals surface area contributed by atoms with Crippen molar-refractivity contribution < 1.29 is 33.0 Å². The Morgan fingerprint density at radius 1 is 1.08 bits per heavy atom. The van der Waals surface area contributed by atoms with Gasteiger partial charge in [0.15, 0.2) is 0 Å². The second-order valence-corrected chi connectivity index (χ2v) is 9.08. The smallest absolute Gasteiger partial charge is 0.416 e. The third-order valence-electron chi connectivity index (χ3n) is 6.18. The summed E-state index contributed by atoms with van der Waals surface area (Å²) >= 11 is 0. The maximum Gasteiger partial charge on any atom is 0.416 e. The number of aryl methyl sites for hydroxylation is 3. The van der Waals surface area contributed by atoms with E-state index in [9.17, 15) is 27.9 Å². The molecule has 1 amide bonds. The van der Waals surface area contributed by atoms with Gasteiger partial charge < -0.3 is 10.2 Å². The number of carboxylic acids is 1. The molecule has 0 saturated heterocycles. The van der Waals surface area contributed by atoms with Gasteiger partial charge in [0.25, 0.3) is 0 Å². The number of phenols is 1. The fourth-order valence-corrected chi connectivity index (χ4v) is 4.53. The number of aromatic hydroxyl groups is 1. The summed E-state index contributed by atoms with van der Waals surface area (Å²) in [6.07, 6.45) is -2.64. The molecule has 6 nitrogen and oxygen atoms in total. The number of nitrogens with zero attached hydrogens (tertiary/aromatic N) is 2. The maximum atomic E-state index is 13.6. The molecule has 0 saturated carbocycles. The van der Waals surface area contributed by atoms with Gasteiger partial charge in [-0.05, 0) is 79.3 Å². The number of para-hydroxylation sites is 1. The molecule has 0 aliphatic carbocycles. The van der Waals surface area contributed by atoms with E-state index in [-0.39, 0.29) is 23.5 Å². The number of fused-ring (bicyclic) bond motifs is 1. The Balaban J connectivity index is 1.73. The number of benzene rings is 3. The van der Waals surface area contributed by atoms with Crippen molar-refractivity contribution in [3.05, 3.63) is 82.4 Å². The summed E-state index contributed by atoms with van der Waals surface area (Å²) < 4.78 is 40.5. The Bertz CT molecular complexity index is 1380. The van der Waals surface area contributed by atoms with Gasteiger partial charge >= 0.3 is 12.1 Å². The van der Waals surface area contributed by atoms with Crippen LogP contribution < -0.4 is 4.90 Å². The van der Waals surface area contributed by atoms with E-state index in [4.69, 9.17) is 5.11 Å². The van der Waals surface area contributed by atoms with E-state index in [0.717, 1.165) is 23.3 Å². The van der Waals surface area contributed by atoms with Crippen molar-refractivity contribution in [2.75, 3.05) is 4.90 Å². The zero-order valence-electron chi connectivity index (χ0n) is 20.2. The molecular weight excluding hydrogens is 485 g/mol. The van der Waals surface area contributed by atoms with Gasteiger partial charge in [0.1, 0.15) is 17.4 Å². The highest BCUT2D eigenvalue weighted by atomic mass is 19.4. The highest BCUT2D eigenvalue weighted by Gasteiger charge is 2.40. The molecule has 9 heteroatoms. The molecule has 1 heterocycles. The van der Waals surface area contributed by atoms with Crippen molar-refractivity contribution in [2.45, 2.75) is 45.2 Å². The van der Waals surface area contributed by atoms with Crippen LogP contribution in [0.3, 0.4) is 0 Å². The number of carbonyl (C=O) groups is 2. The predicted molar refractivity (Wildman–Crippen MR) is 134 cm³/mol. The first kappa shape index (κ1) is 25.9. The molecule has 0 aromatic heterocycles. The molecule has 3 aromatic rings. The normalized spacial score (nSPS) is 15.4. The molecule has 1 atom stereocenters. The number of aliphatic carboxylic acids is 1. The Morgan fingerprint density at radius 2 is 1.78 bits per heavy atom. The van der Waals surface area contributed by atoms with Crippen LogP contribution in [0, 0.1) is 13.8 Å². The van der Waals surface area contributed by atoms with E-state index in [1.807, 2.05) is 19.9 Å². The lowest BCUT2D eigenvalue weighted by atomic mass is 10.00. The Hall–Kier alpha value is -4.14. The topological polar surface area (TPSA) is 90.2 Å². The molecule has 1 aliphatic heterocycles. The Kier molecular flexibility index (Phi) is 7.07. The number of phenolic OH excluding ortho intramolecular Hbond substituents is 1. The van der Waals surface area contributed by atoms with Gasteiger partial charge in [0, 0.05) is 18.3 Å². The molecular formula is C28H25F3N2O4. The van der Waals surface area contributed by atoms with E-state index >= 15 is 0 Å². The van der Waals surface area contributed by atoms with E-state index in [2.05, 4.69) is 4.99 Å². The monoisotopic (exact) mass is 510 g/mol. The number of hydrogen-bond acceptors (Lipinski definition) is 4.